The molecule has 1 atom stereocenters. The minimum atomic E-state index is -3.95. The second-order valence-electron chi connectivity index (χ2n) is 6.54. The Morgan fingerprint density at radius 2 is 1.87 bits per heavy atom. The molecule has 0 saturated carbocycles. The van der Waals surface area contributed by atoms with Crippen LogP contribution in [0.25, 0.3) is 0 Å². The molecular formula is C19H20Cl2F2N2O4S. The minimum absolute atomic E-state index is 0.0789. The molecule has 0 radical (unpaired) electrons. The van der Waals surface area contributed by atoms with Crippen molar-refractivity contribution >= 4 is 33.2 Å². The quantitative estimate of drug-likeness (QED) is 0.619. The molecule has 1 aliphatic rings. The Morgan fingerprint density at radius 1 is 1.13 bits per heavy atom. The van der Waals surface area contributed by atoms with E-state index in [0.717, 1.165) is 23.8 Å². The zero-order valence-electron chi connectivity index (χ0n) is 15.7. The van der Waals surface area contributed by atoms with Crippen molar-refractivity contribution in [3.05, 3.63) is 58.1 Å². The molecule has 1 heterocycles. The van der Waals surface area contributed by atoms with Crippen LogP contribution in [0.15, 0.2) is 47.4 Å². The van der Waals surface area contributed by atoms with Gasteiger partial charge in [0.1, 0.15) is 5.75 Å². The molecule has 0 spiro atoms. The number of halogens is 4. The van der Waals surface area contributed by atoms with E-state index in [4.69, 9.17) is 27.9 Å². The molecule has 1 unspecified atom stereocenters. The maximum Gasteiger partial charge on any atom is 0.387 e. The highest BCUT2D eigenvalue weighted by molar-refractivity contribution is 7.89. The summed E-state index contributed by atoms with van der Waals surface area (Å²) in [4.78, 5) is 1.96. The SMILES string of the molecule is O=S(=O)(NCC(c1cccc(Cl)c1)N1CCOCC1)c1ccc(OC(F)F)c(Cl)c1. The van der Waals surface area contributed by atoms with Crippen molar-refractivity contribution < 1.29 is 26.7 Å². The number of benzene rings is 2. The number of nitrogens with one attached hydrogen (secondary N) is 1. The molecule has 0 aromatic heterocycles. The molecule has 1 aliphatic heterocycles. The highest BCUT2D eigenvalue weighted by Crippen LogP contribution is 2.29. The van der Waals surface area contributed by atoms with Crippen LogP contribution in [0.3, 0.4) is 0 Å². The number of sulfonamides is 1. The van der Waals surface area contributed by atoms with Gasteiger partial charge >= 0.3 is 6.61 Å². The first-order valence-corrected chi connectivity index (χ1v) is 11.3. The molecule has 1 fully saturated rings. The normalized spacial score (nSPS) is 16.6. The van der Waals surface area contributed by atoms with Gasteiger partial charge < -0.3 is 9.47 Å². The smallest absolute Gasteiger partial charge is 0.387 e. The van der Waals surface area contributed by atoms with E-state index in [2.05, 4.69) is 14.4 Å². The zero-order chi connectivity index (χ0) is 21.7. The Morgan fingerprint density at radius 3 is 2.50 bits per heavy atom. The van der Waals surface area contributed by atoms with Crippen LogP contribution in [0.5, 0.6) is 5.75 Å². The average Bonchev–Trinajstić information content (AvgIpc) is 2.70. The molecule has 1 saturated heterocycles. The summed E-state index contributed by atoms with van der Waals surface area (Å²) in [7, 11) is -3.95. The predicted octanol–water partition coefficient (Wildman–Crippen LogP) is 3.95. The molecule has 0 amide bonds. The molecule has 1 N–H and O–H groups in total. The number of rotatable bonds is 8. The Hall–Kier alpha value is -1.49. The van der Waals surface area contributed by atoms with Gasteiger partial charge in [-0.25, -0.2) is 13.1 Å². The average molecular weight is 481 g/mol. The first-order valence-electron chi connectivity index (χ1n) is 9.07. The number of alkyl halides is 2. The summed E-state index contributed by atoms with van der Waals surface area (Å²) in [6.07, 6.45) is 0. The predicted molar refractivity (Wildman–Crippen MR) is 110 cm³/mol. The van der Waals surface area contributed by atoms with E-state index in [1.54, 1.807) is 18.2 Å². The van der Waals surface area contributed by atoms with Gasteiger partial charge in [-0.2, -0.15) is 8.78 Å². The van der Waals surface area contributed by atoms with E-state index in [1.165, 1.54) is 0 Å². The van der Waals surface area contributed by atoms with E-state index >= 15 is 0 Å². The second-order valence-corrected chi connectivity index (χ2v) is 9.15. The van der Waals surface area contributed by atoms with Crippen molar-refractivity contribution in [3.63, 3.8) is 0 Å². The van der Waals surface area contributed by atoms with Crippen LogP contribution < -0.4 is 9.46 Å². The van der Waals surface area contributed by atoms with Crippen molar-refractivity contribution in [2.45, 2.75) is 17.5 Å². The summed E-state index contributed by atoms with van der Waals surface area (Å²) in [5, 5.41) is 0.327. The maximum absolute atomic E-state index is 12.8. The lowest BCUT2D eigenvalue weighted by Crippen LogP contribution is -2.43. The topological polar surface area (TPSA) is 67.9 Å². The summed E-state index contributed by atoms with van der Waals surface area (Å²) in [5.74, 6) is -0.296. The van der Waals surface area contributed by atoms with Crippen LogP contribution in [-0.2, 0) is 14.8 Å². The van der Waals surface area contributed by atoms with Gasteiger partial charge in [-0.05, 0) is 35.9 Å². The molecule has 6 nitrogen and oxygen atoms in total. The highest BCUT2D eigenvalue weighted by Gasteiger charge is 2.26. The van der Waals surface area contributed by atoms with Gasteiger partial charge in [-0.1, -0.05) is 35.3 Å². The van der Waals surface area contributed by atoms with E-state index in [9.17, 15) is 17.2 Å². The van der Waals surface area contributed by atoms with Gasteiger partial charge in [0.15, 0.2) is 0 Å². The van der Waals surface area contributed by atoms with Gasteiger partial charge in [0.2, 0.25) is 10.0 Å². The van der Waals surface area contributed by atoms with Crippen molar-refractivity contribution in [2.24, 2.45) is 0 Å². The van der Waals surface area contributed by atoms with Crippen LogP contribution >= 0.6 is 23.2 Å². The van der Waals surface area contributed by atoms with Crippen LogP contribution in [0.1, 0.15) is 11.6 Å². The number of morpholine rings is 1. The molecule has 2 aromatic rings. The fourth-order valence-electron chi connectivity index (χ4n) is 3.17. The number of nitrogens with zero attached hydrogens (tertiary/aromatic N) is 1. The molecule has 2 aromatic carbocycles. The first kappa shape index (κ1) is 23.2. The van der Waals surface area contributed by atoms with Crippen molar-refractivity contribution in [2.75, 3.05) is 32.8 Å². The lowest BCUT2D eigenvalue weighted by atomic mass is 10.1. The Labute approximate surface area is 183 Å². The molecule has 30 heavy (non-hydrogen) atoms. The summed E-state index contributed by atoms with van der Waals surface area (Å²) >= 11 is 12.0. The van der Waals surface area contributed by atoms with Gasteiger partial charge in [-0.15, -0.1) is 0 Å². The van der Waals surface area contributed by atoms with Gasteiger partial charge in [0.05, 0.1) is 23.1 Å². The summed E-state index contributed by atoms with van der Waals surface area (Å²) in [6.45, 7) is -0.601. The van der Waals surface area contributed by atoms with Crippen LogP contribution in [-0.4, -0.2) is 52.8 Å². The lowest BCUT2D eigenvalue weighted by molar-refractivity contribution is -0.0498. The Balaban J connectivity index is 1.79. The Kier molecular flexibility index (Phi) is 7.89. The molecule has 3 rings (SSSR count). The van der Waals surface area contributed by atoms with E-state index in [1.807, 2.05) is 6.07 Å². The summed E-state index contributed by atoms with van der Waals surface area (Å²) in [6, 6.07) is 10.3. The molecule has 0 aliphatic carbocycles. The molecule has 11 heteroatoms. The van der Waals surface area contributed by atoms with E-state index in [0.29, 0.717) is 31.3 Å². The highest BCUT2D eigenvalue weighted by atomic mass is 35.5. The monoisotopic (exact) mass is 480 g/mol. The standard InChI is InChI=1S/C19H20Cl2F2N2O4S/c20-14-3-1-2-13(10-14)17(25-6-8-28-9-7-25)12-24-30(26,27)15-4-5-18(16(21)11-15)29-19(22)23/h1-5,10-11,17,19,24H,6-9,12H2. The molecule has 0 bridgehead atoms. The minimum Gasteiger partial charge on any atom is -0.433 e. The first-order chi connectivity index (χ1) is 14.3. The summed E-state index contributed by atoms with van der Waals surface area (Å²) < 4.78 is 62.5. The van der Waals surface area contributed by atoms with E-state index in [-0.39, 0.29) is 28.3 Å². The van der Waals surface area contributed by atoms with Gasteiger partial charge in [0.25, 0.3) is 0 Å². The number of ether oxygens (including phenoxy) is 2. The van der Waals surface area contributed by atoms with Crippen LogP contribution in [0, 0.1) is 0 Å². The third-order valence-corrected chi connectivity index (χ3v) is 6.57. The maximum atomic E-state index is 12.8. The zero-order valence-corrected chi connectivity index (χ0v) is 18.1. The third kappa shape index (κ3) is 6.03. The van der Waals surface area contributed by atoms with Crippen molar-refractivity contribution in [1.29, 1.82) is 0 Å². The van der Waals surface area contributed by atoms with Crippen LogP contribution in [0.2, 0.25) is 10.0 Å². The van der Waals surface area contributed by atoms with Crippen molar-refractivity contribution in [3.8, 4) is 5.75 Å². The third-order valence-electron chi connectivity index (χ3n) is 4.62. The second kappa shape index (κ2) is 10.2. The van der Waals surface area contributed by atoms with Gasteiger partial charge in [0, 0.05) is 30.7 Å². The fraction of sp³-hybridized carbons (Fsp3) is 0.368. The van der Waals surface area contributed by atoms with Crippen LogP contribution in [0.4, 0.5) is 8.78 Å². The molecular weight excluding hydrogens is 461 g/mol. The van der Waals surface area contributed by atoms with Crippen molar-refractivity contribution in [1.82, 2.24) is 9.62 Å². The van der Waals surface area contributed by atoms with Gasteiger partial charge in [-0.3, -0.25) is 4.90 Å². The van der Waals surface area contributed by atoms with E-state index < -0.39 is 16.6 Å². The lowest BCUT2D eigenvalue weighted by Gasteiger charge is -2.35. The fourth-order valence-corrected chi connectivity index (χ4v) is 4.73. The Bertz CT molecular complexity index is 973. The number of hydrogen-bond donors (Lipinski definition) is 1. The molecule has 164 valence electrons. The summed E-state index contributed by atoms with van der Waals surface area (Å²) in [5.41, 5.74) is 0.866. The number of hydrogen-bond acceptors (Lipinski definition) is 5. The largest absolute Gasteiger partial charge is 0.433 e.